The molecule has 116 valence electrons. The molecule has 2 N–H and O–H groups in total. The first-order valence-corrected chi connectivity index (χ1v) is 6.42. The number of furan rings is 1. The van der Waals surface area contributed by atoms with Crippen LogP contribution >= 0.6 is 0 Å². The summed E-state index contributed by atoms with van der Waals surface area (Å²) < 4.78 is 19.0. The highest BCUT2D eigenvalue weighted by Crippen LogP contribution is 2.20. The van der Waals surface area contributed by atoms with Crippen LogP contribution in [-0.2, 0) is 0 Å². The second-order valence-corrected chi connectivity index (χ2v) is 4.48. The number of non-ortho nitro benzene ring substituents is 1. The summed E-state index contributed by atoms with van der Waals surface area (Å²) in [5.41, 5.74) is -0.757. The Morgan fingerprint density at radius 1 is 1.45 bits per heavy atom. The number of nitrogens with one attached hydrogen (secondary N) is 1. The molecule has 8 heteroatoms. The average Bonchev–Trinajstić information content (AvgIpc) is 3.00. The number of benzene rings is 1. The molecule has 1 aromatic carbocycles. The third-order valence-corrected chi connectivity index (χ3v) is 3.02. The molecule has 0 aliphatic rings. The number of rotatable bonds is 6. The third kappa shape index (κ3) is 3.47. The van der Waals surface area contributed by atoms with E-state index in [2.05, 4.69) is 5.32 Å². The van der Waals surface area contributed by atoms with E-state index in [1.54, 1.807) is 12.1 Å². The van der Waals surface area contributed by atoms with Crippen LogP contribution in [0.1, 0.15) is 28.6 Å². The van der Waals surface area contributed by atoms with Crippen LogP contribution in [0, 0.1) is 15.9 Å². The van der Waals surface area contributed by atoms with Gasteiger partial charge in [-0.2, -0.15) is 0 Å². The Balaban J connectivity index is 2.18. The molecule has 0 aliphatic carbocycles. The highest BCUT2D eigenvalue weighted by Gasteiger charge is 2.21. The molecule has 1 heterocycles. The standard InChI is InChI=1S/C14H13FN2O5/c15-11-8-9(17(20)21)3-4-10(11)14(19)16-12(5-6-18)13-2-1-7-22-13/h1-4,7-8,12,18H,5-6H2,(H,16,19). The number of hydrogen-bond donors (Lipinski definition) is 2. The number of nitro benzene ring substituents is 1. The number of nitrogens with zero attached hydrogens (tertiary/aromatic N) is 1. The van der Waals surface area contributed by atoms with E-state index in [4.69, 9.17) is 9.52 Å². The summed E-state index contributed by atoms with van der Waals surface area (Å²) in [5.74, 6) is -1.32. The van der Waals surface area contributed by atoms with Gasteiger partial charge < -0.3 is 14.8 Å². The van der Waals surface area contributed by atoms with Crippen LogP contribution in [0.25, 0.3) is 0 Å². The zero-order valence-corrected chi connectivity index (χ0v) is 11.4. The number of carbonyl (C=O) groups is 1. The van der Waals surface area contributed by atoms with Crippen molar-refractivity contribution >= 4 is 11.6 Å². The topological polar surface area (TPSA) is 106 Å². The minimum atomic E-state index is -0.992. The lowest BCUT2D eigenvalue weighted by Crippen LogP contribution is -2.29. The number of halogens is 1. The maximum absolute atomic E-state index is 13.8. The monoisotopic (exact) mass is 308 g/mol. The van der Waals surface area contributed by atoms with Gasteiger partial charge in [0.25, 0.3) is 11.6 Å². The van der Waals surface area contributed by atoms with Crippen molar-refractivity contribution in [2.45, 2.75) is 12.5 Å². The minimum absolute atomic E-state index is 0.188. The average molecular weight is 308 g/mol. The largest absolute Gasteiger partial charge is 0.467 e. The first-order chi connectivity index (χ1) is 10.5. The second-order valence-electron chi connectivity index (χ2n) is 4.48. The van der Waals surface area contributed by atoms with Gasteiger partial charge in [-0.3, -0.25) is 14.9 Å². The maximum atomic E-state index is 13.8. The minimum Gasteiger partial charge on any atom is -0.467 e. The molecule has 1 aromatic heterocycles. The number of nitro groups is 1. The van der Waals surface area contributed by atoms with E-state index >= 15 is 0 Å². The third-order valence-electron chi connectivity index (χ3n) is 3.02. The van der Waals surface area contributed by atoms with E-state index in [0.29, 0.717) is 11.8 Å². The Kier molecular flexibility index (Phi) is 4.84. The molecule has 0 radical (unpaired) electrons. The number of aliphatic hydroxyl groups is 1. The van der Waals surface area contributed by atoms with Crippen LogP contribution in [-0.4, -0.2) is 22.5 Å². The zero-order valence-electron chi connectivity index (χ0n) is 11.4. The molecule has 0 spiro atoms. The quantitative estimate of drug-likeness (QED) is 0.628. The number of aliphatic hydroxyl groups excluding tert-OH is 1. The van der Waals surface area contributed by atoms with E-state index in [-0.39, 0.29) is 18.6 Å². The van der Waals surface area contributed by atoms with E-state index in [1.165, 1.54) is 6.26 Å². The van der Waals surface area contributed by atoms with Gasteiger partial charge in [-0.25, -0.2) is 4.39 Å². The van der Waals surface area contributed by atoms with Gasteiger partial charge in [-0.1, -0.05) is 0 Å². The number of carbonyl (C=O) groups excluding carboxylic acids is 1. The van der Waals surface area contributed by atoms with Crippen LogP contribution < -0.4 is 5.32 Å². The Morgan fingerprint density at radius 2 is 2.23 bits per heavy atom. The van der Waals surface area contributed by atoms with Crippen molar-refractivity contribution in [2.75, 3.05) is 6.61 Å². The summed E-state index contributed by atoms with van der Waals surface area (Å²) in [4.78, 5) is 21.9. The molecule has 1 amide bonds. The van der Waals surface area contributed by atoms with Gasteiger partial charge in [0.2, 0.25) is 0 Å². The normalized spacial score (nSPS) is 11.9. The van der Waals surface area contributed by atoms with Gasteiger partial charge >= 0.3 is 0 Å². The van der Waals surface area contributed by atoms with Crippen LogP contribution in [0.15, 0.2) is 41.0 Å². The van der Waals surface area contributed by atoms with Gasteiger partial charge in [-0.15, -0.1) is 0 Å². The predicted molar refractivity (Wildman–Crippen MR) is 73.7 cm³/mol. The fourth-order valence-corrected chi connectivity index (χ4v) is 1.94. The molecule has 22 heavy (non-hydrogen) atoms. The second kappa shape index (κ2) is 6.81. The summed E-state index contributed by atoms with van der Waals surface area (Å²) in [5, 5.41) is 22.1. The van der Waals surface area contributed by atoms with Gasteiger partial charge in [-0.05, 0) is 24.6 Å². The zero-order chi connectivity index (χ0) is 16.1. The smallest absolute Gasteiger partial charge is 0.272 e. The van der Waals surface area contributed by atoms with E-state index in [1.807, 2.05) is 0 Å². The van der Waals surface area contributed by atoms with Gasteiger partial charge in [0.1, 0.15) is 11.6 Å². The van der Waals surface area contributed by atoms with Crippen molar-refractivity contribution in [1.29, 1.82) is 0 Å². The highest BCUT2D eigenvalue weighted by molar-refractivity contribution is 5.94. The summed E-state index contributed by atoms with van der Waals surface area (Å²) in [6.07, 6.45) is 1.60. The first-order valence-electron chi connectivity index (χ1n) is 6.42. The Hall–Kier alpha value is -2.74. The van der Waals surface area contributed by atoms with Crippen molar-refractivity contribution in [3.63, 3.8) is 0 Å². The Labute approximate surface area is 124 Å². The van der Waals surface area contributed by atoms with E-state index < -0.39 is 28.4 Å². The molecule has 0 saturated heterocycles. The van der Waals surface area contributed by atoms with E-state index in [9.17, 15) is 19.3 Å². The van der Waals surface area contributed by atoms with Crippen molar-refractivity contribution < 1.29 is 23.6 Å². The summed E-state index contributed by atoms with van der Waals surface area (Å²) >= 11 is 0. The predicted octanol–water partition coefficient (Wildman–Crippen LogP) is 2.18. The number of hydrogen-bond acceptors (Lipinski definition) is 5. The van der Waals surface area contributed by atoms with E-state index in [0.717, 1.165) is 12.1 Å². The van der Waals surface area contributed by atoms with Crippen LogP contribution in [0.2, 0.25) is 0 Å². The van der Waals surface area contributed by atoms with Crippen molar-refractivity contribution in [3.05, 3.63) is 63.9 Å². The highest BCUT2D eigenvalue weighted by atomic mass is 19.1. The lowest BCUT2D eigenvalue weighted by Gasteiger charge is -2.15. The molecule has 2 aromatic rings. The number of amides is 1. The van der Waals surface area contributed by atoms with Gasteiger partial charge in [0, 0.05) is 12.7 Å². The molecule has 1 atom stereocenters. The molecule has 0 aliphatic heterocycles. The van der Waals surface area contributed by atoms with Crippen LogP contribution in [0.4, 0.5) is 10.1 Å². The fourth-order valence-electron chi connectivity index (χ4n) is 1.94. The molecule has 0 bridgehead atoms. The molecular weight excluding hydrogens is 295 g/mol. The SMILES string of the molecule is O=C(NC(CCO)c1ccco1)c1ccc([N+](=O)[O-])cc1F. The van der Waals surface area contributed by atoms with Crippen molar-refractivity contribution in [3.8, 4) is 0 Å². The van der Waals surface area contributed by atoms with Gasteiger partial charge in [0.05, 0.1) is 28.9 Å². The Bertz CT molecular complexity index is 672. The Morgan fingerprint density at radius 3 is 2.77 bits per heavy atom. The molecule has 7 nitrogen and oxygen atoms in total. The molecule has 1 unspecified atom stereocenters. The van der Waals surface area contributed by atoms with Crippen LogP contribution in [0.3, 0.4) is 0 Å². The maximum Gasteiger partial charge on any atom is 0.272 e. The summed E-state index contributed by atoms with van der Waals surface area (Å²) in [6.45, 7) is -0.200. The first kappa shape index (κ1) is 15.6. The van der Waals surface area contributed by atoms with Crippen molar-refractivity contribution in [1.82, 2.24) is 5.32 Å². The molecular formula is C14H13FN2O5. The van der Waals surface area contributed by atoms with Crippen LogP contribution in [0.5, 0.6) is 0 Å². The van der Waals surface area contributed by atoms with Crippen molar-refractivity contribution in [2.24, 2.45) is 0 Å². The fraction of sp³-hybridized carbons (Fsp3) is 0.214. The summed E-state index contributed by atoms with van der Waals surface area (Å²) in [7, 11) is 0. The lowest BCUT2D eigenvalue weighted by atomic mass is 10.1. The van der Waals surface area contributed by atoms with Gasteiger partial charge in [0.15, 0.2) is 0 Å². The lowest BCUT2D eigenvalue weighted by molar-refractivity contribution is -0.385. The summed E-state index contributed by atoms with van der Waals surface area (Å²) in [6, 6.07) is 5.39. The molecule has 2 rings (SSSR count). The molecule has 0 saturated carbocycles. The molecule has 0 fully saturated rings.